The Bertz CT molecular complexity index is 454. The van der Waals surface area contributed by atoms with Crippen LogP contribution in [0.25, 0.3) is 0 Å². The first-order chi connectivity index (χ1) is 10.1. The molecule has 4 nitrogen and oxygen atoms in total. The van der Waals surface area contributed by atoms with E-state index in [9.17, 15) is 9.59 Å². The van der Waals surface area contributed by atoms with Crippen molar-refractivity contribution < 1.29 is 14.3 Å². The molecular weight excluding hydrogens is 266 g/mol. The van der Waals surface area contributed by atoms with E-state index in [4.69, 9.17) is 4.74 Å². The number of benzene rings is 1. The minimum atomic E-state index is -0.338. The Morgan fingerprint density at radius 3 is 2.38 bits per heavy atom. The van der Waals surface area contributed by atoms with Crippen LogP contribution in [0.1, 0.15) is 37.8 Å². The highest BCUT2D eigenvalue weighted by atomic mass is 16.5. The Morgan fingerprint density at radius 2 is 1.81 bits per heavy atom. The fourth-order valence-corrected chi connectivity index (χ4v) is 2.09. The molecule has 0 saturated carbocycles. The number of nitrogens with zero attached hydrogens (tertiary/aromatic N) is 1. The van der Waals surface area contributed by atoms with Crippen LogP contribution in [0.15, 0.2) is 24.3 Å². The fraction of sp³-hybridized carbons (Fsp3) is 0.529. The van der Waals surface area contributed by atoms with E-state index >= 15 is 0 Å². The zero-order valence-corrected chi connectivity index (χ0v) is 13.2. The van der Waals surface area contributed by atoms with Crippen molar-refractivity contribution in [2.24, 2.45) is 0 Å². The molecule has 0 spiro atoms. The molecule has 116 valence electrons. The van der Waals surface area contributed by atoms with E-state index in [1.54, 1.807) is 11.8 Å². The molecule has 0 bridgehead atoms. The van der Waals surface area contributed by atoms with Gasteiger partial charge in [0.2, 0.25) is 5.91 Å². The molecule has 1 amide bonds. The first-order valence-electron chi connectivity index (χ1n) is 7.55. The molecule has 1 rings (SSSR count). The molecule has 0 aromatic heterocycles. The average molecular weight is 291 g/mol. The standard InChI is InChI=1S/C17H25NO3/c1-4-12-18(13-17(20)21-5-2)16(19)11-10-15-8-6-14(3)7-9-15/h6-9H,4-5,10-13H2,1-3H3. The Labute approximate surface area is 127 Å². The normalized spacial score (nSPS) is 10.2. The lowest BCUT2D eigenvalue weighted by molar-refractivity contribution is -0.149. The summed E-state index contributed by atoms with van der Waals surface area (Å²) in [5, 5.41) is 0. The van der Waals surface area contributed by atoms with Crippen molar-refractivity contribution in [2.45, 2.75) is 40.0 Å². The Hall–Kier alpha value is -1.84. The summed E-state index contributed by atoms with van der Waals surface area (Å²) in [6.07, 6.45) is 1.94. The highest BCUT2D eigenvalue weighted by Crippen LogP contribution is 2.08. The molecule has 21 heavy (non-hydrogen) atoms. The molecular formula is C17H25NO3. The van der Waals surface area contributed by atoms with E-state index in [2.05, 4.69) is 0 Å². The van der Waals surface area contributed by atoms with Gasteiger partial charge in [0.1, 0.15) is 6.54 Å². The molecule has 1 aromatic rings. The topological polar surface area (TPSA) is 46.6 Å². The Kier molecular flexibility index (Phi) is 7.51. The number of amides is 1. The average Bonchev–Trinajstić information content (AvgIpc) is 2.46. The predicted molar refractivity (Wildman–Crippen MR) is 83.0 cm³/mol. The molecule has 0 saturated heterocycles. The SMILES string of the molecule is CCCN(CC(=O)OCC)C(=O)CCc1ccc(C)cc1. The lowest BCUT2D eigenvalue weighted by atomic mass is 10.1. The summed E-state index contributed by atoms with van der Waals surface area (Å²) in [4.78, 5) is 25.3. The van der Waals surface area contributed by atoms with Gasteiger partial charge in [0.15, 0.2) is 0 Å². The van der Waals surface area contributed by atoms with Crippen molar-refractivity contribution in [3.63, 3.8) is 0 Å². The number of hydrogen-bond acceptors (Lipinski definition) is 3. The number of esters is 1. The molecule has 0 radical (unpaired) electrons. The minimum absolute atomic E-state index is 0.00507. The highest BCUT2D eigenvalue weighted by molar-refractivity contribution is 5.82. The third kappa shape index (κ3) is 6.43. The van der Waals surface area contributed by atoms with Crippen molar-refractivity contribution in [3.8, 4) is 0 Å². The van der Waals surface area contributed by atoms with Crippen molar-refractivity contribution in [1.82, 2.24) is 4.90 Å². The molecule has 0 aliphatic carbocycles. The lowest BCUT2D eigenvalue weighted by Crippen LogP contribution is -2.37. The number of aryl methyl sites for hydroxylation is 2. The van der Waals surface area contributed by atoms with Gasteiger partial charge in [-0.2, -0.15) is 0 Å². The van der Waals surface area contributed by atoms with E-state index in [-0.39, 0.29) is 18.4 Å². The number of ether oxygens (including phenoxy) is 1. The van der Waals surface area contributed by atoms with Crippen LogP contribution in [0.3, 0.4) is 0 Å². The monoisotopic (exact) mass is 291 g/mol. The molecule has 0 aliphatic rings. The number of carbonyl (C=O) groups is 2. The number of hydrogen-bond donors (Lipinski definition) is 0. The van der Waals surface area contributed by atoms with Crippen LogP contribution in [-0.4, -0.2) is 36.5 Å². The third-order valence-electron chi connectivity index (χ3n) is 3.22. The van der Waals surface area contributed by atoms with Crippen LogP contribution in [0.5, 0.6) is 0 Å². The van der Waals surface area contributed by atoms with Gasteiger partial charge in [-0.1, -0.05) is 36.8 Å². The summed E-state index contributed by atoms with van der Waals surface area (Å²) in [7, 11) is 0. The van der Waals surface area contributed by atoms with Crippen LogP contribution in [-0.2, 0) is 20.7 Å². The zero-order chi connectivity index (χ0) is 15.7. The fourth-order valence-electron chi connectivity index (χ4n) is 2.09. The van der Waals surface area contributed by atoms with Gasteiger partial charge in [-0.05, 0) is 32.3 Å². The molecule has 0 aliphatic heterocycles. The Morgan fingerprint density at radius 1 is 1.14 bits per heavy atom. The summed E-state index contributed by atoms with van der Waals surface area (Å²) in [5.74, 6) is -0.333. The smallest absolute Gasteiger partial charge is 0.325 e. The van der Waals surface area contributed by atoms with Crippen molar-refractivity contribution in [3.05, 3.63) is 35.4 Å². The second kappa shape index (κ2) is 9.16. The van der Waals surface area contributed by atoms with Gasteiger partial charge in [-0.3, -0.25) is 9.59 Å². The van der Waals surface area contributed by atoms with Gasteiger partial charge in [0, 0.05) is 13.0 Å². The maximum absolute atomic E-state index is 12.2. The predicted octanol–water partition coefficient (Wildman–Crippen LogP) is 2.73. The van der Waals surface area contributed by atoms with Crippen LogP contribution in [0, 0.1) is 6.92 Å². The second-order valence-electron chi connectivity index (χ2n) is 5.11. The summed E-state index contributed by atoms with van der Waals surface area (Å²) in [5.41, 5.74) is 2.35. The van der Waals surface area contributed by atoms with Gasteiger partial charge in [-0.15, -0.1) is 0 Å². The third-order valence-corrected chi connectivity index (χ3v) is 3.22. The van der Waals surface area contributed by atoms with Crippen LogP contribution >= 0.6 is 0 Å². The molecule has 0 N–H and O–H groups in total. The van der Waals surface area contributed by atoms with Crippen LogP contribution in [0.4, 0.5) is 0 Å². The summed E-state index contributed by atoms with van der Waals surface area (Å²) in [6, 6.07) is 8.17. The molecule has 0 heterocycles. The first-order valence-corrected chi connectivity index (χ1v) is 7.55. The van der Waals surface area contributed by atoms with Crippen molar-refractivity contribution in [1.29, 1.82) is 0 Å². The zero-order valence-electron chi connectivity index (χ0n) is 13.2. The van der Waals surface area contributed by atoms with Gasteiger partial charge in [0.05, 0.1) is 6.61 Å². The summed E-state index contributed by atoms with van der Waals surface area (Å²) < 4.78 is 4.91. The van der Waals surface area contributed by atoms with E-state index < -0.39 is 0 Å². The maximum atomic E-state index is 12.2. The molecule has 0 atom stereocenters. The van der Waals surface area contributed by atoms with E-state index in [0.29, 0.717) is 26.0 Å². The number of rotatable bonds is 8. The summed E-state index contributed by atoms with van der Waals surface area (Å²) in [6.45, 7) is 6.78. The molecule has 4 heteroatoms. The lowest BCUT2D eigenvalue weighted by Gasteiger charge is -2.21. The Balaban J connectivity index is 2.51. The van der Waals surface area contributed by atoms with Gasteiger partial charge in [0.25, 0.3) is 0 Å². The second-order valence-corrected chi connectivity index (χ2v) is 5.11. The van der Waals surface area contributed by atoms with Crippen molar-refractivity contribution >= 4 is 11.9 Å². The van der Waals surface area contributed by atoms with Gasteiger partial charge >= 0.3 is 5.97 Å². The van der Waals surface area contributed by atoms with Gasteiger partial charge in [-0.25, -0.2) is 0 Å². The van der Waals surface area contributed by atoms with E-state index in [1.807, 2.05) is 38.1 Å². The van der Waals surface area contributed by atoms with E-state index in [0.717, 1.165) is 12.0 Å². The van der Waals surface area contributed by atoms with E-state index in [1.165, 1.54) is 5.56 Å². The van der Waals surface area contributed by atoms with Crippen LogP contribution < -0.4 is 0 Å². The van der Waals surface area contributed by atoms with Gasteiger partial charge < -0.3 is 9.64 Å². The summed E-state index contributed by atoms with van der Waals surface area (Å²) >= 11 is 0. The van der Waals surface area contributed by atoms with Crippen LogP contribution in [0.2, 0.25) is 0 Å². The minimum Gasteiger partial charge on any atom is -0.465 e. The molecule has 1 aromatic carbocycles. The largest absolute Gasteiger partial charge is 0.465 e. The first kappa shape index (κ1) is 17.2. The number of carbonyl (C=O) groups excluding carboxylic acids is 2. The quantitative estimate of drug-likeness (QED) is 0.692. The molecule has 0 unspecified atom stereocenters. The maximum Gasteiger partial charge on any atom is 0.325 e. The highest BCUT2D eigenvalue weighted by Gasteiger charge is 2.16. The van der Waals surface area contributed by atoms with Crippen molar-refractivity contribution in [2.75, 3.05) is 19.7 Å². The molecule has 0 fully saturated rings.